The minimum Gasteiger partial charge on any atom is -0.478 e. The molecule has 0 saturated heterocycles. The average molecular weight is 301 g/mol. The topological polar surface area (TPSA) is 62.2 Å². The highest BCUT2D eigenvalue weighted by molar-refractivity contribution is 7.99. The molecule has 2 rings (SSSR count). The van der Waals surface area contributed by atoms with Crippen molar-refractivity contribution < 1.29 is 9.90 Å². The van der Waals surface area contributed by atoms with Gasteiger partial charge in [0.1, 0.15) is 5.82 Å². The number of aromatic nitrogens is 1. The van der Waals surface area contributed by atoms with Gasteiger partial charge in [-0.15, -0.1) is 0 Å². The monoisotopic (exact) mass is 300 g/mol. The fourth-order valence-corrected chi connectivity index (χ4v) is 3.75. The van der Waals surface area contributed by atoms with Crippen LogP contribution < -0.4 is 5.32 Å². The molecule has 1 aromatic heterocycles. The van der Waals surface area contributed by atoms with Crippen LogP contribution in [0.4, 0.5) is 5.82 Å². The Balaban J connectivity index is 2.04. The van der Waals surface area contributed by atoms with Gasteiger partial charge in [0.25, 0.3) is 0 Å². The van der Waals surface area contributed by atoms with E-state index in [0.29, 0.717) is 17.1 Å². The van der Waals surface area contributed by atoms with E-state index < -0.39 is 5.97 Å². The molecule has 0 amide bonds. The summed E-state index contributed by atoms with van der Waals surface area (Å²) in [5.41, 5.74) is 0.0941. The van der Waals surface area contributed by atoms with Crippen LogP contribution in [0.15, 0.2) is 12.3 Å². The van der Waals surface area contributed by atoms with Gasteiger partial charge in [-0.2, -0.15) is 11.8 Å². The predicted octanol–water partition coefficient (Wildman–Crippen LogP) is 3.52. The summed E-state index contributed by atoms with van der Waals surface area (Å²) in [4.78, 5) is 15.1. The molecule has 0 spiro atoms. The number of rotatable bonds is 5. The number of nitrogens with zero attached hydrogens (tertiary/aromatic N) is 1. The van der Waals surface area contributed by atoms with Gasteiger partial charge in [0.15, 0.2) is 0 Å². The zero-order chi connectivity index (χ0) is 13.8. The minimum absolute atomic E-state index is 0.0941. The van der Waals surface area contributed by atoms with Crippen molar-refractivity contribution in [1.29, 1.82) is 0 Å². The van der Waals surface area contributed by atoms with E-state index in [1.165, 1.54) is 18.7 Å². The SMILES string of the molecule is CCSC1CCC(Nc2nccc(C(=O)O)c2Cl)C1. The molecular formula is C13H17ClN2O2S. The van der Waals surface area contributed by atoms with Crippen LogP contribution in [0, 0.1) is 0 Å². The number of hydrogen-bond acceptors (Lipinski definition) is 4. The predicted molar refractivity (Wildman–Crippen MR) is 79.4 cm³/mol. The van der Waals surface area contributed by atoms with Crippen molar-refractivity contribution in [2.24, 2.45) is 0 Å². The van der Waals surface area contributed by atoms with E-state index in [9.17, 15) is 4.79 Å². The van der Waals surface area contributed by atoms with Gasteiger partial charge < -0.3 is 10.4 Å². The molecule has 1 aliphatic rings. The zero-order valence-electron chi connectivity index (χ0n) is 10.7. The van der Waals surface area contributed by atoms with E-state index in [-0.39, 0.29) is 10.6 Å². The van der Waals surface area contributed by atoms with Crippen LogP contribution in [0.5, 0.6) is 0 Å². The van der Waals surface area contributed by atoms with E-state index in [0.717, 1.165) is 18.6 Å². The smallest absolute Gasteiger partial charge is 0.337 e. The first kappa shape index (κ1) is 14.5. The van der Waals surface area contributed by atoms with Crippen LogP contribution in [-0.2, 0) is 0 Å². The summed E-state index contributed by atoms with van der Waals surface area (Å²) in [6.45, 7) is 2.17. The Kier molecular flexibility index (Phi) is 4.93. The average Bonchev–Trinajstić information content (AvgIpc) is 2.79. The van der Waals surface area contributed by atoms with Crippen molar-refractivity contribution in [2.75, 3.05) is 11.1 Å². The van der Waals surface area contributed by atoms with Crippen LogP contribution >= 0.6 is 23.4 Å². The molecule has 2 unspecified atom stereocenters. The molecule has 4 nitrogen and oxygen atoms in total. The molecule has 1 saturated carbocycles. The Hall–Kier alpha value is -0.940. The summed E-state index contributed by atoms with van der Waals surface area (Å²) in [6, 6.07) is 1.75. The highest BCUT2D eigenvalue weighted by atomic mass is 35.5. The molecular weight excluding hydrogens is 284 g/mol. The number of halogens is 1. The van der Waals surface area contributed by atoms with Gasteiger partial charge >= 0.3 is 5.97 Å². The van der Waals surface area contributed by atoms with Crippen molar-refractivity contribution in [3.63, 3.8) is 0 Å². The van der Waals surface area contributed by atoms with E-state index in [1.807, 2.05) is 11.8 Å². The fraction of sp³-hybridized carbons (Fsp3) is 0.538. The van der Waals surface area contributed by atoms with Gasteiger partial charge in [0.2, 0.25) is 0 Å². The number of carboxylic acid groups (broad SMARTS) is 1. The molecule has 1 heterocycles. The fourth-order valence-electron chi connectivity index (χ4n) is 2.36. The van der Waals surface area contributed by atoms with Crippen molar-refractivity contribution >= 4 is 35.1 Å². The van der Waals surface area contributed by atoms with Crippen LogP contribution in [0.25, 0.3) is 0 Å². The molecule has 2 N–H and O–H groups in total. The Labute approximate surface area is 121 Å². The summed E-state index contributed by atoms with van der Waals surface area (Å²) in [5, 5.41) is 13.2. The molecule has 1 fully saturated rings. The largest absolute Gasteiger partial charge is 0.478 e. The molecule has 0 radical (unpaired) electrons. The number of anilines is 1. The maximum atomic E-state index is 11.0. The highest BCUT2D eigenvalue weighted by Crippen LogP contribution is 2.33. The maximum absolute atomic E-state index is 11.0. The third kappa shape index (κ3) is 3.54. The number of aromatic carboxylic acids is 1. The van der Waals surface area contributed by atoms with Gasteiger partial charge in [-0.05, 0) is 31.1 Å². The van der Waals surface area contributed by atoms with Crippen molar-refractivity contribution in [2.45, 2.75) is 37.5 Å². The number of pyridine rings is 1. The highest BCUT2D eigenvalue weighted by Gasteiger charge is 2.25. The van der Waals surface area contributed by atoms with Crippen LogP contribution in [0.2, 0.25) is 5.02 Å². The zero-order valence-corrected chi connectivity index (χ0v) is 12.3. The molecule has 19 heavy (non-hydrogen) atoms. The van der Waals surface area contributed by atoms with Crippen LogP contribution in [0.1, 0.15) is 36.5 Å². The Morgan fingerprint density at radius 3 is 3.11 bits per heavy atom. The first-order valence-corrected chi connectivity index (χ1v) is 7.80. The third-order valence-corrected chi connectivity index (χ3v) is 4.86. The van der Waals surface area contributed by atoms with Crippen LogP contribution in [0.3, 0.4) is 0 Å². The lowest BCUT2D eigenvalue weighted by atomic mass is 10.2. The quantitative estimate of drug-likeness (QED) is 0.871. The van der Waals surface area contributed by atoms with Crippen molar-refractivity contribution in [1.82, 2.24) is 4.98 Å². The molecule has 0 aliphatic heterocycles. The van der Waals surface area contributed by atoms with E-state index in [4.69, 9.17) is 16.7 Å². The molecule has 0 aromatic carbocycles. The van der Waals surface area contributed by atoms with E-state index in [2.05, 4.69) is 17.2 Å². The second-order valence-corrected chi connectivity index (χ2v) is 6.51. The lowest BCUT2D eigenvalue weighted by molar-refractivity contribution is 0.0697. The van der Waals surface area contributed by atoms with E-state index >= 15 is 0 Å². The Bertz CT molecular complexity index is 470. The molecule has 0 bridgehead atoms. The normalized spacial score (nSPS) is 22.4. The summed E-state index contributed by atoms with van der Waals surface area (Å²) in [5.74, 6) is 0.584. The van der Waals surface area contributed by atoms with Crippen molar-refractivity contribution in [3.05, 3.63) is 22.8 Å². The second kappa shape index (κ2) is 6.48. The standard InChI is InChI=1S/C13H17ClN2O2S/c1-2-19-9-4-3-8(7-9)16-12-11(14)10(13(17)18)5-6-15-12/h5-6,8-9H,2-4,7H2,1H3,(H,15,16)(H,17,18). The second-order valence-electron chi connectivity index (χ2n) is 4.56. The third-order valence-electron chi connectivity index (χ3n) is 3.25. The summed E-state index contributed by atoms with van der Waals surface area (Å²) >= 11 is 8.05. The van der Waals surface area contributed by atoms with Gasteiger partial charge in [-0.3, -0.25) is 0 Å². The first-order chi connectivity index (χ1) is 9.11. The van der Waals surface area contributed by atoms with Gasteiger partial charge in [-0.1, -0.05) is 18.5 Å². The number of nitrogens with one attached hydrogen (secondary N) is 1. The number of thioether (sulfide) groups is 1. The molecule has 6 heteroatoms. The summed E-state index contributed by atoms with van der Waals surface area (Å²) in [7, 11) is 0. The van der Waals surface area contributed by atoms with Crippen molar-refractivity contribution in [3.8, 4) is 0 Å². The molecule has 1 aromatic rings. The van der Waals surface area contributed by atoms with E-state index in [1.54, 1.807) is 0 Å². The molecule has 104 valence electrons. The number of carboxylic acids is 1. The molecule has 2 atom stereocenters. The maximum Gasteiger partial charge on any atom is 0.337 e. The lowest BCUT2D eigenvalue weighted by Gasteiger charge is -2.15. The van der Waals surface area contributed by atoms with Gasteiger partial charge in [0, 0.05) is 17.5 Å². The number of carbonyl (C=O) groups is 1. The lowest BCUT2D eigenvalue weighted by Crippen LogP contribution is -2.18. The van der Waals surface area contributed by atoms with Gasteiger partial charge in [-0.25, -0.2) is 9.78 Å². The van der Waals surface area contributed by atoms with Gasteiger partial charge in [0.05, 0.1) is 10.6 Å². The molecule has 1 aliphatic carbocycles. The minimum atomic E-state index is -1.03. The summed E-state index contributed by atoms with van der Waals surface area (Å²) in [6.07, 6.45) is 4.82. The first-order valence-electron chi connectivity index (χ1n) is 6.37. The summed E-state index contributed by atoms with van der Waals surface area (Å²) < 4.78 is 0. The number of hydrogen-bond donors (Lipinski definition) is 2. The van der Waals surface area contributed by atoms with Crippen LogP contribution in [-0.4, -0.2) is 33.1 Å². The Morgan fingerprint density at radius 2 is 2.42 bits per heavy atom. The Morgan fingerprint density at radius 1 is 1.63 bits per heavy atom.